The summed E-state index contributed by atoms with van der Waals surface area (Å²) in [4.78, 5) is 37.9. The van der Waals surface area contributed by atoms with E-state index in [2.05, 4.69) is 5.32 Å². The lowest BCUT2D eigenvalue weighted by molar-refractivity contribution is -0.130. The van der Waals surface area contributed by atoms with Gasteiger partial charge in [-0.15, -0.1) is 0 Å². The van der Waals surface area contributed by atoms with E-state index in [0.29, 0.717) is 5.56 Å². The van der Waals surface area contributed by atoms with Gasteiger partial charge in [0.15, 0.2) is 5.78 Å². The SMILES string of the molecule is C[C@]1(c2ccsc2)NC(=O)N(CC(=O)c2ccccc2)C1=O. The Bertz CT molecular complexity index is 727. The highest BCUT2D eigenvalue weighted by molar-refractivity contribution is 7.08. The Morgan fingerprint density at radius 3 is 2.59 bits per heavy atom. The number of carbonyl (C=O) groups is 3. The number of urea groups is 1. The predicted octanol–water partition coefficient (Wildman–Crippen LogP) is 2.40. The first-order valence-electron chi connectivity index (χ1n) is 6.77. The summed E-state index contributed by atoms with van der Waals surface area (Å²) in [5, 5.41) is 6.35. The van der Waals surface area contributed by atoms with E-state index in [1.165, 1.54) is 11.3 Å². The van der Waals surface area contributed by atoms with Crippen molar-refractivity contribution in [3.05, 3.63) is 58.3 Å². The Balaban J connectivity index is 1.82. The third-order valence-electron chi connectivity index (χ3n) is 3.77. The molecule has 22 heavy (non-hydrogen) atoms. The highest BCUT2D eigenvalue weighted by atomic mass is 32.1. The minimum atomic E-state index is -1.10. The molecule has 2 aromatic rings. The fourth-order valence-corrected chi connectivity index (χ4v) is 3.21. The van der Waals surface area contributed by atoms with Gasteiger partial charge in [-0.1, -0.05) is 30.3 Å². The number of amides is 3. The fraction of sp³-hybridized carbons (Fsp3) is 0.188. The summed E-state index contributed by atoms with van der Waals surface area (Å²) in [6.07, 6.45) is 0. The van der Waals surface area contributed by atoms with E-state index in [1.807, 2.05) is 10.8 Å². The van der Waals surface area contributed by atoms with Crippen LogP contribution in [0.3, 0.4) is 0 Å². The topological polar surface area (TPSA) is 66.5 Å². The second kappa shape index (κ2) is 5.38. The molecule has 0 spiro atoms. The van der Waals surface area contributed by atoms with Gasteiger partial charge in [0.1, 0.15) is 5.54 Å². The molecule has 5 nitrogen and oxygen atoms in total. The summed E-state index contributed by atoms with van der Waals surface area (Å²) < 4.78 is 0. The standard InChI is InChI=1S/C16H14N2O3S/c1-16(12-7-8-22-10-12)14(20)18(15(21)17-16)9-13(19)11-5-3-2-4-6-11/h2-8,10H,9H2,1H3,(H,17,21)/t16-/m1/s1. The van der Waals surface area contributed by atoms with Gasteiger partial charge < -0.3 is 5.32 Å². The molecule has 1 saturated heterocycles. The van der Waals surface area contributed by atoms with Crippen LogP contribution < -0.4 is 5.32 Å². The smallest absolute Gasteiger partial charge is 0.319 e. The Hall–Kier alpha value is -2.47. The lowest BCUT2D eigenvalue weighted by Crippen LogP contribution is -2.41. The first-order chi connectivity index (χ1) is 10.5. The Kier molecular flexibility index (Phi) is 3.54. The molecule has 3 rings (SSSR count). The van der Waals surface area contributed by atoms with Crippen molar-refractivity contribution in [3.63, 3.8) is 0 Å². The molecule has 1 atom stereocenters. The molecule has 2 heterocycles. The molecule has 1 N–H and O–H groups in total. The highest BCUT2D eigenvalue weighted by Gasteiger charge is 2.49. The number of carbonyl (C=O) groups excluding carboxylic acids is 3. The predicted molar refractivity (Wildman–Crippen MR) is 82.7 cm³/mol. The van der Waals surface area contributed by atoms with Crippen molar-refractivity contribution in [2.45, 2.75) is 12.5 Å². The van der Waals surface area contributed by atoms with E-state index >= 15 is 0 Å². The zero-order chi connectivity index (χ0) is 15.7. The molecular formula is C16H14N2O3S. The largest absolute Gasteiger partial charge is 0.325 e. The van der Waals surface area contributed by atoms with Crippen LogP contribution in [-0.2, 0) is 10.3 Å². The average Bonchev–Trinajstić information content (AvgIpc) is 3.13. The number of rotatable bonds is 4. The van der Waals surface area contributed by atoms with Gasteiger partial charge in [0.2, 0.25) is 0 Å². The molecule has 0 saturated carbocycles. The van der Waals surface area contributed by atoms with Crippen LogP contribution >= 0.6 is 11.3 Å². The lowest BCUT2D eigenvalue weighted by atomic mass is 9.95. The van der Waals surface area contributed by atoms with Gasteiger partial charge in [0.25, 0.3) is 5.91 Å². The van der Waals surface area contributed by atoms with Gasteiger partial charge >= 0.3 is 6.03 Å². The fourth-order valence-electron chi connectivity index (χ4n) is 2.44. The molecule has 112 valence electrons. The van der Waals surface area contributed by atoms with Crippen LogP contribution in [0.1, 0.15) is 22.8 Å². The first-order valence-corrected chi connectivity index (χ1v) is 7.71. The number of hydrogen-bond acceptors (Lipinski definition) is 4. The number of hydrogen-bond donors (Lipinski definition) is 1. The summed E-state index contributed by atoms with van der Waals surface area (Å²) in [6, 6.07) is 9.88. The van der Waals surface area contributed by atoms with Crippen LogP contribution in [0.5, 0.6) is 0 Å². The lowest BCUT2D eigenvalue weighted by Gasteiger charge is -2.20. The molecule has 1 aromatic carbocycles. The average molecular weight is 314 g/mol. The monoisotopic (exact) mass is 314 g/mol. The van der Waals surface area contributed by atoms with Gasteiger partial charge in [0.05, 0.1) is 6.54 Å². The van der Waals surface area contributed by atoms with Gasteiger partial charge in [0, 0.05) is 5.56 Å². The van der Waals surface area contributed by atoms with Gasteiger partial charge in [-0.05, 0) is 29.3 Å². The van der Waals surface area contributed by atoms with Gasteiger partial charge in [-0.2, -0.15) is 11.3 Å². The minimum absolute atomic E-state index is 0.256. The molecule has 1 aliphatic heterocycles. The summed E-state index contributed by atoms with van der Waals surface area (Å²) >= 11 is 1.45. The summed E-state index contributed by atoms with van der Waals surface area (Å²) in [5.41, 5.74) is 0.103. The summed E-state index contributed by atoms with van der Waals surface area (Å²) in [6.45, 7) is 1.40. The molecule has 0 aliphatic carbocycles. The van der Waals surface area contributed by atoms with Crippen molar-refractivity contribution in [2.24, 2.45) is 0 Å². The van der Waals surface area contributed by atoms with Crippen LogP contribution in [0.2, 0.25) is 0 Å². The number of Topliss-reactive ketones (excluding diaryl/α,β-unsaturated/α-hetero) is 1. The molecule has 1 fully saturated rings. The second-order valence-corrected chi connectivity index (χ2v) is 6.03. The van der Waals surface area contributed by atoms with Crippen LogP contribution in [0.4, 0.5) is 4.79 Å². The number of benzene rings is 1. The highest BCUT2D eigenvalue weighted by Crippen LogP contribution is 2.30. The van der Waals surface area contributed by atoms with Gasteiger partial charge in [-0.3, -0.25) is 14.5 Å². The van der Waals surface area contributed by atoms with E-state index in [9.17, 15) is 14.4 Å². The normalized spacial score (nSPS) is 21.0. The maximum absolute atomic E-state index is 12.6. The summed E-state index contributed by atoms with van der Waals surface area (Å²) in [5.74, 6) is -0.668. The number of nitrogens with one attached hydrogen (secondary N) is 1. The van der Waals surface area contributed by atoms with E-state index in [0.717, 1.165) is 10.5 Å². The second-order valence-electron chi connectivity index (χ2n) is 5.25. The van der Waals surface area contributed by atoms with E-state index in [1.54, 1.807) is 43.3 Å². The van der Waals surface area contributed by atoms with Crippen molar-refractivity contribution in [1.29, 1.82) is 0 Å². The number of nitrogens with zero attached hydrogens (tertiary/aromatic N) is 1. The molecule has 3 amide bonds. The maximum Gasteiger partial charge on any atom is 0.325 e. The van der Waals surface area contributed by atoms with Gasteiger partial charge in [-0.25, -0.2) is 4.79 Å². The van der Waals surface area contributed by atoms with Crippen LogP contribution in [0.25, 0.3) is 0 Å². The molecular weight excluding hydrogens is 300 g/mol. The van der Waals surface area contributed by atoms with E-state index in [-0.39, 0.29) is 12.3 Å². The molecule has 1 aromatic heterocycles. The number of ketones is 1. The first kappa shape index (κ1) is 14.5. The number of thiophene rings is 1. The van der Waals surface area contributed by atoms with E-state index in [4.69, 9.17) is 0 Å². The summed E-state index contributed by atoms with van der Waals surface area (Å²) in [7, 11) is 0. The van der Waals surface area contributed by atoms with Crippen molar-refractivity contribution in [1.82, 2.24) is 10.2 Å². The zero-order valence-electron chi connectivity index (χ0n) is 11.9. The third-order valence-corrected chi connectivity index (χ3v) is 4.45. The van der Waals surface area contributed by atoms with Crippen molar-refractivity contribution < 1.29 is 14.4 Å². The van der Waals surface area contributed by atoms with Crippen LogP contribution in [0.15, 0.2) is 47.2 Å². The number of imide groups is 1. The quantitative estimate of drug-likeness (QED) is 0.696. The third kappa shape index (κ3) is 2.31. The molecule has 1 aliphatic rings. The Labute approximate surface area is 131 Å². The Morgan fingerprint density at radius 1 is 1.23 bits per heavy atom. The van der Waals surface area contributed by atoms with Crippen molar-refractivity contribution in [2.75, 3.05) is 6.54 Å². The van der Waals surface area contributed by atoms with Crippen molar-refractivity contribution in [3.8, 4) is 0 Å². The molecule has 0 radical (unpaired) electrons. The maximum atomic E-state index is 12.6. The molecule has 6 heteroatoms. The van der Waals surface area contributed by atoms with Crippen LogP contribution in [0, 0.1) is 0 Å². The van der Waals surface area contributed by atoms with Crippen LogP contribution in [-0.4, -0.2) is 29.2 Å². The minimum Gasteiger partial charge on any atom is -0.319 e. The Morgan fingerprint density at radius 2 is 1.95 bits per heavy atom. The zero-order valence-corrected chi connectivity index (χ0v) is 12.7. The van der Waals surface area contributed by atoms with E-state index < -0.39 is 17.5 Å². The molecule has 0 bridgehead atoms. The van der Waals surface area contributed by atoms with Crippen molar-refractivity contribution >= 4 is 29.1 Å². The molecule has 0 unspecified atom stereocenters.